The Balaban J connectivity index is 1.32. The van der Waals surface area contributed by atoms with E-state index in [1.165, 1.54) is 11.1 Å². The molecule has 1 atom stereocenters. The monoisotopic (exact) mass is 427 g/mol. The summed E-state index contributed by atoms with van der Waals surface area (Å²) in [5, 5.41) is 12.2. The van der Waals surface area contributed by atoms with Gasteiger partial charge in [-0.1, -0.05) is 72.8 Å². The summed E-state index contributed by atoms with van der Waals surface area (Å²) in [6.45, 7) is 0.198. The van der Waals surface area contributed by atoms with Gasteiger partial charge in [-0.2, -0.15) is 0 Å². The molecule has 162 valence electrons. The molecule has 1 saturated carbocycles. The summed E-state index contributed by atoms with van der Waals surface area (Å²) < 4.78 is 5.65. The van der Waals surface area contributed by atoms with Gasteiger partial charge in [0.2, 0.25) is 0 Å². The highest BCUT2D eigenvalue weighted by molar-refractivity contribution is 5.79. The molecular formula is C27H25NO4. The molecule has 0 saturated heterocycles. The molecule has 0 bridgehead atoms. The third-order valence-electron chi connectivity index (χ3n) is 6.40. The molecule has 0 aliphatic heterocycles. The predicted octanol–water partition coefficient (Wildman–Crippen LogP) is 5.62. The van der Waals surface area contributed by atoms with Crippen LogP contribution in [0.5, 0.6) is 0 Å². The lowest BCUT2D eigenvalue weighted by Gasteiger charge is -2.21. The minimum Gasteiger partial charge on any atom is -0.481 e. The number of carboxylic acids is 1. The first-order chi connectivity index (χ1) is 15.6. The van der Waals surface area contributed by atoms with E-state index in [1.54, 1.807) is 0 Å². The number of alkyl carbamates (subject to hydrolysis) is 1. The summed E-state index contributed by atoms with van der Waals surface area (Å²) in [6, 6.07) is 23.5. The zero-order chi connectivity index (χ0) is 22.1. The Bertz CT molecular complexity index is 1120. The van der Waals surface area contributed by atoms with Crippen LogP contribution in [0.1, 0.15) is 59.4 Å². The fourth-order valence-electron chi connectivity index (χ4n) is 4.79. The third kappa shape index (κ3) is 3.98. The maximum absolute atomic E-state index is 12.8. The maximum Gasteiger partial charge on any atom is 0.407 e. The number of ether oxygens (including phenoxy) is 1. The largest absolute Gasteiger partial charge is 0.481 e. The van der Waals surface area contributed by atoms with Crippen molar-refractivity contribution in [2.75, 3.05) is 6.61 Å². The number of hydrogen-bond acceptors (Lipinski definition) is 3. The standard InChI is InChI=1S/C27H25NO4/c29-26(30)15-25(23-12-6-1-7-18(23)17-13-14-17)28-27(31)32-16-24-21-10-4-2-8-19(21)20-9-3-5-11-22(20)24/h1-12,17,24-25H,13-16H2,(H,28,31)(H,29,30). The molecule has 2 N–H and O–H groups in total. The van der Waals surface area contributed by atoms with Gasteiger partial charge in [0, 0.05) is 5.92 Å². The van der Waals surface area contributed by atoms with E-state index in [-0.39, 0.29) is 18.9 Å². The van der Waals surface area contributed by atoms with Crippen LogP contribution in [0.3, 0.4) is 0 Å². The average molecular weight is 428 g/mol. The first-order valence-electron chi connectivity index (χ1n) is 11.0. The van der Waals surface area contributed by atoms with Crippen molar-refractivity contribution in [2.45, 2.75) is 37.1 Å². The molecule has 0 heterocycles. The van der Waals surface area contributed by atoms with Crippen molar-refractivity contribution < 1.29 is 19.4 Å². The van der Waals surface area contributed by atoms with Crippen LogP contribution in [0.15, 0.2) is 72.8 Å². The minimum atomic E-state index is -0.959. The second-order valence-electron chi connectivity index (χ2n) is 8.52. The Morgan fingerprint density at radius 1 is 0.875 bits per heavy atom. The van der Waals surface area contributed by atoms with Crippen LogP contribution in [-0.4, -0.2) is 23.8 Å². The molecule has 2 aliphatic carbocycles. The summed E-state index contributed by atoms with van der Waals surface area (Å²) in [4.78, 5) is 24.3. The molecule has 5 heteroatoms. The zero-order valence-corrected chi connectivity index (χ0v) is 17.7. The van der Waals surface area contributed by atoms with E-state index < -0.39 is 18.1 Å². The third-order valence-corrected chi connectivity index (χ3v) is 6.40. The van der Waals surface area contributed by atoms with Gasteiger partial charge in [-0.25, -0.2) is 4.79 Å². The highest BCUT2D eigenvalue weighted by Crippen LogP contribution is 2.45. The molecule has 5 rings (SSSR count). The maximum atomic E-state index is 12.8. The number of rotatable bonds is 7. The minimum absolute atomic E-state index is 0.0372. The normalized spacial score (nSPS) is 15.5. The van der Waals surface area contributed by atoms with Gasteiger partial charge < -0.3 is 15.2 Å². The second-order valence-corrected chi connectivity index (χ2v) is 8.52. The molecule has 3 aromatic rings. The zero-order valence-electron chi connectivity index (χ0n) is 17.7. The molecule has 32 heavy (non-hydrogen) atoms. The van der Waals surface area contributed by atoms with Crippen LogP contribution in [0, 0.1) is 0 Å². The van der Waals surface area contributed by atoms with Crippen molar-refractivity contribution in [2.24, 2.45) is 0 Å². The van der Waals surface area contributed by atoms with E-state index in [0.717, 1.165) is 35.1 Å². The van der Waals surface area contributed by atoms with Gasteiger partial charge in [0.1, 0.15) is 6.61 Å². The van der Waals surface area contributed by atoms with E-state index in [0.29, 0.717) is 5.92 Å². The molecule has 1 amide bonds. The first kappa shape index (κ1) is 20.3. The molecule has 1 unspecified atom stereocenters. The number of hydrogen-bond donors (Lipinski definition) is 2. The lowest BCUT2D eigenvalue weighted by molar-refractivity contribution is -0.137. The number of nitrogens with one attached hydrogen (secondary N) is 1. The lowest BCUT2D eigenvalue weighted by atomic mass is 9.95. The smallest absolute Gasteiger partial charge is 0.407 e. The Morgan fingerprint density at radius 2 is 1.44 bits per heavy atom. The van der Waals surface area contributed by atoms with Crippen LogP contribution in [-0.2, 0) is 9.53 Å². The van der Waals surface area contributed by atoms with E-state index in [4.69, 9.17) is 4.74 Å². The highest BCUT2D eigenvalue weighted by Gasteiger charge is 2.31. The summed E-state index contributed by atoms with van der Waals surface area (Å²) in [5.74, 6) is -0.545. The Hall–Kier alpha value is -3.60. The van der Waals surface area contributed by atoms with Gasteiger partial charge in [-0.05, 0) is 52.1 Å². The topological polar surface area (TPSA) is 75.6 Å². The van der Waals surface area contributed by atoms with Gasteiger partial charge >= 0.3 is 12.1 Å². The van der Waals surface area contributed by atoms with Gasteiger partial charge in [-0.3, -0.25) is 4.79 Å². The molecule has 0 aromatic heterocycles. The van der Waals surface area contributed by atoms with Gasteiger partial charge in [0.25, 0.3) is 0 Å². The molecule has 5 nitrogen and oxygen atoms in total. The van der Waals surface area contributed by atoms with Crippen LogP contribution >= 0.6 is 0 Å². The van der Waals surface area contributed by atoms with Crippen LogP contribution in [0.25, 0.3) is 11.1 Å². The van der Waals surface area contributed by atoms with Crippen LogP contribution < -0.4 is 5.32 Å². The molecule has 0 radical (unpaired) electrons. The average Bonchev–Trinajstić information content (AvgIpc) is 3.60. The van der Waals surface area contributed by atoms with E-state index >= 15 is 0 Å². The van der Waals surface area contributed by atoms with E-state index in [1.807, 2.05) is 48.5 Å². The molecule has 1 fully saturated rings. The number of carbonyl (C=O) groups is 2. The number of aliphatic carboxylic acids is 1. The molecule has 0 spiro atoms. The van der Waals surface area contributed by atoms with Gasteiger partial charge in [-0.15, -0.1) is 0 Å². The van der Waals surface area contributed by atoms with E-state index in [9.17, 15) is 14.7 Å². The van der Waals surface area contributed by atoms with E-state index in [2.05, 4.69) is 29.6 Å². The summed E-state index contributed by atoms with van der Waals surface area (Å²) in [6.07, 6.45) is 1.42. The number of carboxylic acid groups (broad SMARTS) is 1. The van der Waals surface area contributed by atoms with Crippen LogP contribution in [0.4, 0.5) is 4.79 Å². The molecule has 3 aromatic carbocycles. The number of amides is 1. The fourth-order valence-corrected chi connectivity index (χ4v) is 4.79. The van der Waals surface area contributed by atoms with Gasteiger partial charge in [0.15, 0.2) is 0 Å². The molecular weight excluding hydrogens is 402 g/mol. The van der Waals surface area contributed by atoms with Crippen molar-refractivity contribution in [1.82, 2.24) is 5.32 Å². The Morgan fingerprint density at radius 3 is 2.03 bits per heavy atom. The Kier molecular flexibility index (Phi) is 5.39. The summed E-state index contributed by atoms with van der Waals surface area (Å²) in [5.41, 5.74) is 6.60. The number of carbonyl (C=O) groups excluding carboxylic acids is 1. The summed E-state index contributed by atoms with van der Waals surface area (Å²) >= 11 is 0. The van der Waals surface area contributed by atoms with Crippen molar-refractivity contribution in [1.29, 1.82) is 0 Å². The van der Waals surface area contributed by atoms with Crippen molar-refractivity contribution in [3.63, 3.8) is 0 Å². The molecule has 2 aliphatic rings. The number of fused-ring (bicyclic) bond motifs is 3. The highest BCUT2D eigenvalue weighted by atomic mass is 16.5. The van der Waals surface area contributed by atoms with Crippen LogP contribution in [0.2, 0.25) is 0 Å². The second kappa shape index (κ2) is 8.50. The Labute approximate surface area is 187 Å². The first-order valence-corrected chi connectivity index (χ1v) is 11.0. The lowest BCUT2D eigenvalue weighted by Crippen LogP contribution is -2.32. The van der Waals surface area contributed by atoms with Crippen molar-refractivity contribution in [3.05, 3.63) is 95.1 Å². The SMILES string of the molecule is O=C(O)CC(NC(=O)OCC1c2ccccc2-c2ccccc21)c1ccccc1C1CC1. The van der Waals surface area contributed by atoms with Gasteiger partial charge in [0.05, 0.1) is 12.5 Å². The summed E-state index contributed by atoms with van der Waals surface area (Å²) in [7, 11) is 0. The number of benzene rings is 3. The quantitative estimate of drug-likeness (QED) is 0.513. The van der Waals surface area contributed by atoms with Crippen molar-refractivity contribution in [3.8, 4) is 11.1 Å². The predicted molar refractivity (Wildman–Crippen MR) is 122 cm³/mol. The van der Waals surface area contributed by atoms with Crippen molar-refractivity contribution >= 4 is 12.1 Å². The fraction of sp³-hybridized carbons (Fsp3) is 0.259.